The van der Waals surface area contributed by atoms with Gasteiger partial charge in [0.15, 0.2) is 0 Å². The van der Waals surface area contributed by atoms with Gasteiger partial charge in [0, 0.05) is 30.8 Å². The van der Waals surface area contributed by atoms with Crippen molar-refractivity contribution >= 4 is 11.6 Å². The van der Waals surface area contributed by atoms with Gasteiger partial charge in [-0.1, -0.05) is 6.07 Å². The molecule has 102 valence electrons. The monoisotopic (exact) mass is 263 g/mol. The second-order valence-electron chi connectivity index (χ2n) is 4.60. The van der Waals surface area contributed by atoms with Gasteiger partial charge in [0.05, 0.1) is 4.92 Å². The number of fused-ring (bicyclic) bond motifs is 1. The highest BCUT2D eigenvalue weighted by atomic mass is 16.6. The van der Waals surface area contributed by atoms with Crippen LogP contribution in [0.15, 0.2) is 18.2 Å². The van der Waals surface area contributed by atoms with Gasteiger partial charge < -0.3 is 10.2 Å². The lowest BCUT2D eigenvalue weighted by Gasteiger charge is -2.28. The van der Waals surface area contributed by atoms with E-state index in [9.17, 15) is 14.9 Å². The van der Waals surface area contributed by atoms with Crippen molar-refractivity contribution in [1.29, 1.82) is 0 Å². The van der Waals surface area contributed by atoms with Crippen LogP contribution in [0.5, 0.6) is 0 Å². The van der Waals surface area contributed by atoms with E-state index in [0.717, 1.165) is 24.9 Å². The average Bonchev–Trinajstić information content (AvgIpc) is 2.41. The highest BCUT2D eigenvalue weighted by Crippen LogP contribution is 2.23. The molecule has 1 aliphatic heterocycles. The van der Waals surface area contributed by atoms with Crippen molar-refractivity contribution in [3.8, 4) is 0 Å². The summed E-state index contributed by atoms with van der Waals surface area (Å²) in [6.07, 6.45) is 1.64. The smallest absolute Gasteiger partial charge is 0.270 e. The Hall–Kier alpha value is -1.95. The number of nitrogens with zero attached hydrogens (tertiary/aromatic N) is 2. The van der Waals surface area contributed by atoms with Gasteiger partial charge in [0.1, 0.15) is 0 Å². The van der Waals surface area contributed by atoms with Crippen molar-refractivity contribution < 1.29 is 9.72 Å². The Morgan fingerprint density at radius 2 is 2.26 bits per heavy atom. The fraction of sp³-hybridized carbons (Fsp3) is 0.462. The summed E-state index contributed by atoms with van der Waals surface area (Å²) in [7, 11) is 1.87. The maximum absolute atomic E-state index is 12.3. The summed E-state index contributed by atoms with van der Waals surface area (Å²) in [5.41, 5.74) is 1.36. The number of benzene rings is 1. The predicted molar refractivity (Wildman–Crippen MR) is 71.2 cm³/mol. The molecule has 0 aliphatic carbocycles. The van der Waals surface area contributed by atoms with E-state index in [1.165, 1.54) is 12.1 Å². The van der Waals surface area contributed by atoms with E-state index in [-0.39, 0.29) is 11.6 Å². The number of nitrogens with one attached hydrogen (secondary N) is 1. The van der Waals surface area contributed by atoms with Crippen molar-refractivity contribution in [1.82, 2.24) is 10.2 Å². The zero-order valence-electron chi connectivity index (χ0n) is 10.9. The minimum Gasteiger partial charge on any atom is -0.338 e. The van der Waals surface area contributed by atoms with Crippen LogP contribution >= 0.6 is 0 Å². The molecular formula is C13H17N3O3. The summed E-state index contributed by atoms with van der Waals surface area (Å²) in [4.78, 5) is 24.3. The normalized spacial score (nSPS) is 14.4. The molecule has 0 saturated heterocycles. The van der Waals surface area contributed by atoms with E-state index in [2.05, 4.69) is 5.32 Å². The summed E-state index contributed by atoms with van der Waals surface area (Å²) in [5.74, 6) is -0.0962. The summed E-state index contributed by atoms with van der Waals surface area (Å²) < 4.78 is 0. The maximum Gasteiger partial charge on any atom is 0.270 e. The van der Waals surface area contributed by atoms with Crippen molar-refractivity contribution in [2.45, 2.75) is 12.8 Å². The average molecular weight is 263 g/mol. The Morgan fingerprint density at radius 3 is 2.95 bits per heavy atom. The molecule has 6 nitrogen and oxygen atoms in total. The molecule has 1 heterocycles. The van der Waals surface area contributed by atoms with Gasteiger partial charge in [-0.25, -0.2) is 0 Å². The molecule has 0 bridgehead atoms. The van der Waals surface area contributed by atoms with E-state index in [1.807, 2.05) is 7.05 Å². The summed E-state index contributed by atoms with van der Waals surface area (Å²) in [6, 6.07) is 4.54. The fourth-order valence-corrected chi connectivity index (χ4v) is 2.28. The predicted octanol–water partition coefficient (Wildman–Crippen LogP) is 1.20. The van der Waals surface area contributed by atoms with Gasteiger partial charge in [0.2, 0.25) is 0 Å². The fourth-order valence-electron chi connectivity index (χ4n) is 2.28. The third kappa shape index (κ3) is 2.90. The van der Waals surface area contributed by atoms with Gasteiger partial charge in [0.25, 0.3) is 11.6 Å². The molecule has 1 N–H and O–H groups in total. The largest absolute Gasteiger partial charge is 0.338 e. The van der Waals surface area contributed by atoms with Gasteiger partial charge >= 0.3 is 0 Å². The number of amides is 1. The molecule has 0 radical (unpaired) electrons. The molecule has 0 saturated carbocycles. The molecule has 0 unspecified atom stereocenters. The van der Waals surface area contributed by atoms with Crippen LogP contribution in [0.1, 0.15) is 22.3 Å². The molecule has 19 heavy (non-hydrogen) atoms. The van der Waals surface area contributed by atoms with Crippen LogP contribution in [0.25, 0.3) is 0 Å². The maximum atomic E-state index is 12.3. The summed E-state index contributed by atoms with van der Waals surface area (Å²) in [6.45, 7) is 2.22. The topological polar surface area (TPSA) is 75.5 Å². The molecule has 1 aliphatic rings. The Bertz CT molecular complexity index is 502. The Kier molecular flexibility index (Phi) is 4.11. The van der Waals surface area contributed by atoms with Crippen LogP contribution < -0.4 is 5.32 Å². The number of carbonyl (C=O) groups is 1. The number of rotatable bonds is 5. The molecule has 0 atom stereocenters. The Labute approximate surface area is 111 Å². The molecule has 0 spiro atoms. The van der Waals surface area contributed by atoms with E-state index in [1.54, 1.807) is 11.0 Å². The van der Waals surface area contributed by atoms with Crippen molar-refractivity contribution in [2.24, 2.45) is 0 Å². The SMILES string of the molecule is CNCCCN1CCc2ccc([N+](=O)[O-])cc2C1=O. The van der Waals surface area contributed by atoms with E-state index in [4.69, 9.17) is 0 Å². The van der Waals surface area contributed by atoms with E-state index in [0.29, 0.717) is 18.7 Å². The molecule has 6 heteroatoms. The van der Waals surface area contributed by atoms with Crippen LogP contribution in [0, 0.1) is 10.1 Å². The van der Waals surface area contributed by atoms with Crippen molar-refractivity contribution in [3.05, 3.63) is 39.4 Å². The standard InChI is InChI=1S/C13H17N3O3/c1-14-6-2-7-15-8-5-10-3-4-11(16(18)19)9-12(10)13(15)17/h3-4,9,14H,2,5-8H2,1H3. The zero-order chi connectivity index (χ0) is 13.8. The number of hydrogen-bond donors (Lipinski definition) is 1. The number of nitro groups is 1. The lowest BCUT2D eigenvalue weighted by Crippen LogP contribution is -2.38. The zero-order valence-corrected chi connectivity index (χ0v) is 10.9. The first-order chi connectivity index (χ1) is 9.13. The second kappa shape index (κ2) is 5.79. The second-order valence-corrected chi connectivity index (χ2v) is 4.60. The van der Waals surface area contributed by atoms with Crippen LogP contribution in [0.3, 0.4) is 0 Å². The van der Waals surface area contributed by atoms with E-state index >= 15 is 0 Å². The quantitative estimate of drug-likeness (QED) is 0.492. The van der Waals surface area contributed by atoms with Crippen LogP contribution in [0.4, 0.5) is 5.69 Å². The first-order valence-corrected chi connectivity index (χ1v) is 6.34. The first kappa shape index (κ1) is 13.5. The molecule has 1 aromatic rings. The third-order valence-electron chi connectivity index (χ3n) is 3.33. The highest BCUT2D eigenvalue weighted by Gasteiger charge is 2.25. The Balaban J connectivity index is 2.16. The van der Waals surface area contributed by atoms with Crippen molar-refractivity contribution in [2.75, 3.05) is 26.7 Å². The minimum atomic E-state index is -0.465. The first-order valence-electron chi connectivity index (χ1n) is 6.34. The molecule has 0 aromatic heterocycles. The summed E-state index contributed by atoms with van der Waals surface area (Å²) >= 11 is 0. The number of nitro benzene ring substituents is 1. The number of carbonyl (C=O) groups excluding carboxylic acids is 1. The van der Waals surface area contributed by atoms with Gasteiger partial charge in [-0.15, -0.1) is 0 Å². The molecule has 1 aromatic carbocycles. The third-order valence-corrected chi connectivity index (χ3v) is 3.33. The van der Waals surface area contributed by atoms with Gasteiger partial charge in [-0.3, -0.25) is 14.9 Å². The van der Waals surface area contributed by atoms with E-state index < -0.39 is 4.92 Å². The molecular weight excluding hydrogens is 246 g/mol. The van der Waals surface area contributed by atoms with Crippen molar-refractivity contribution in [3.63, 3.8) is 0 Å². The number of non-ortho nitro benzene ring substituents is 1. The lowest BCUT2D eigenvalue weighted by molar-refractivity contribution is -0.384. The van der Waals surface area contributed by atoms with Crippen LogP contribution in [0.2, 0.25) is 0 Å². The van der Waals surface area contributed by atoms with Crippen LogP contribution in [-0.4, -0.2) is 42.4 Å². The van der Waals surface area contributed by atoms with Gasteiger partial charge in [-0.2, -0.15) is 0 Å². The number of hydrogen-bond acceptors (Lipinski definition) is 4. The minimum absolute atomic E-state index is 0.0239. The molecule has 2 rings (SSSR count). The molecule has 0 fully saturated rings. The molecule has 1 amide bonds. The Morgan fingerprint density at radius 1 is 1.47 bits per heavy atom. The lowest BCUT2D eigenvalue weighted by atomic mass is 9.98. The summed E-state index contributed by atoms with van der Waals surface area (Å²) in [5, 5.41) is 13.8. The van der Waals surface area contributed by atoms with Crippen LogP contribution in [-0.2, 0) is 6.42 Å². The van der Waals surface area contributed by atoms with Gasteiger partial charge in [-0.05, 0) is 32.0 Å². The highest BCUT2D eigenvalue weighted by molar-refractivity contribution is 5.97.